The minimum atomic E-state index is -0.154. The zero-order chi connectivity index (χ0) is 12.3. The Bertz CT molecular complexity index is 378. The summed E-state index contributed by atoms with van der Waals surface area (Å²) >= 11 is 0. The minimum absolute atomic E-state index is 0.0198. The van der Waals surface area contributed by atoms with E-state index >= 15 is 0 Å². The smallest absolute Gasteiger partial charge is 0.155 e. The molecule has 0 spiro atoms. The van der Waals surface area contributed by atoms with Crippen LogP contribution in [0.4, 0.5) is 0 Å². The van der Waals surface area contributed by atoms with Crippen LogP contribution in [-0.2, 0) is 16.1 Å². The molecule has 1 aliphatic rings. The van der Waals surface area contributed by atoms with Crippen molar-refractivity contribution in [3.8, 4) is 5.75 Å². The number of ether oxygens (including phenoxy) is 3. The van der Waals surface area contributed by atoms with Gasteiger partial charge in [0.1, 0.15) is 18.5 Å². The van der Waals surface area contributed by atoms with E-state index in [9.17, 15) is 5.11 Å². The molecule has 17 heavy (non-hydrogen) atoms. The summed E-state index contributed by atoms with van der Waals surface area (Å²) in [6, 6.07) is 5.75. The molecule has 4 nitrogen and oxygen atoms in total. The monoisotopic (exact) mass is 238 g/mol. The summed E-state index contributed by atoms with van der Waals surface area (Å²) in [5.41, 5.74) is 1.90. The predicted molar refractivity (Wildman–Crippen MR) is 62.9 cm³/mol. The van der Waals surface area contributed by atoms with Crippen LogP contribution < -0.4 is 4.74 Å². The molecule has 1 aliphatic heterocycles. The van der Waals surface area contributed by atoms with Crippen molar-refractivity contribution in [2.75, 3.05) is 13.2 Å². The van der Waals surface area contributed by atoms with Crippen molar-refractivity contribution in [3.05, 3.63) is 29.3 Å². The molecule has 1 aromatic carbocycles. The van der Waals surface area contributed by atoms with Gasteiger partial charge in [-0.2, -0.15) is 0 Å². The van der Waals surface area contributed by atoms with Gasteiger partial charge in [-0.3, -0.25) is 0 Å². The van der Waals surface area contributed by atoms with E-state index in [1.54, 1.807) is 0 Å². The molecule has 0 saturated carbocycles. The Balaban J connectivity index is 1.96. The van der Waals surface area contributed by atoms with Crippen molar-refractivity contribution in [3.63, 3.8) is 0 Å². The highest BCUT2D eigenvalue weighted by molar-refractivity contribution is 5.36. The lowest BCUT2D eigenvalue weighted by Crippen LogP contribution is -2.20. The Hall–Kier alpha value is -1.10. The van der Waals surface area contributed by atoms with Gasteiger partial charge in [0.05, 0.1) is 13.2 Å². The van der Waals surface area contributed by atoms with Crippen LogP contribution in [0.5, 0.6) is 5.75 Å². The van der Waals surface area contributed by atoms with E-state index in [1.807, 2.05) is 32.0 Å². The molecule has 1 N–H and O–H groups in total. The van der Waals surface area contributed by atoms with E-state index in [2.05, 4.69) is 0 Å². The maximum Gasteiger partial charge on any atom is 0.155 e. The molecule has 0 aromatic heterocycles. The summed E-state index contributed by atoms with van der Waals surface area (Å²) < 4.78 is 16.4. The second kappa shape index (κ2) is 5.49. The van der Waals surface area contributed by atoms with E-state index < -0.39 is 0 Å². The van der Waals surface area contributed by atoms with Crippen LogP contribution in [0.3, 0.4) is 0 Å². The second-order valence-corrected chi connectivity index (χ2v) is 4.24. The number of aryl methyl sites for hydroxylation is 1. The van der Waals surface area contributed by atoms with E-state index in [-0.39, 0.29) is 19.0 Å². The van der Waals surface area contributed by atoms with Gasteiger partial charge in [-0.1, -0.05) is 12.1 Å². The van der Waals surface area contributed by atoms with Gasteiger partial charge >= 0.3 is 0 Å². The lowest BCUT2D eigenvalue weighted by atomic mass is 10.1. The molecule has 2 rings (SSSR count). The number of benzene rings is 1. The zero-order valence-corrected chi connectivity index (χ0v) is 10.2. The van der Waals surface area contributed by atoms with Crippen LogP contribution in [0, 0.1) is 6.92 Å². The Kier molecular flexibility index (Phi) is 3.99. The summed E-state index contributed by atoms with van der Waals surface area (Å²) in [6.45, 7) is 4.84. The van der Waals surface area contributed by atoms with Gasteiger partial charge < -0.3 is 19.3 Å². The lowest BCUT2D eigenvalue weighted by molar-refractivity contribution is -0.0487. The highest BCUT2D eigenvalue weighted by atomic mass is 16.7. The van der Waals surface area contributed by atoms with Crippen molar-refractivity contribution < 1.29 is 19.3 Å². The van der Waals surface area contributed by atoms with Crippen molar-refractivity contribution in [2.24, 2.45) is 0 Å². The van der Waals surface area contributed by atoms with Crippen LogP contribution in [0.15, 0.2) is 18.2 Å². The molecule has 1 aromatic rings. The van der Waals surface area contributed by atoms with Crippen LogP contribution >= 0.6 is 0 Å². The molecule has 0 aliphatic carbocycles. The van der Waals surface area contributed by atoms with Crippen LogP contribution in [0.25, 0.3) is 0 Å². The largest absolute Gasteiger partial charge is 0.490 e. The molecule has 0 radical (unpaired) electrons. The molecule has 94 valence electrons. The molecule has 2 atom stereocenters. The molecular formula is C13H18O4. The molecule has 4 heteroatoms. The summed E-state index contributed by atoms with van der Waals surface area (Å²) in [5, 5.41) is 9.21. The molecule has 1 heterocycles. The quantitative estimate of drug-likeness (QED) is 0.866. The highest BCUT2D eigenvalue weighted by Gasteiger charge is 2.23. The van der Waals surface area contributed by atoms with Crippen LogP contribution in [0.2, 0.25) is 0 Å². The maximum absolute atomic E-state index is 9.21. The fourth-order valence-corrected chi connectivity index (χ4v) is 1.79. The number of aliphatic hydroxyl groups excluding tert-OH is 1. The Morgan fingerprint density at radius 3 is 2.94 bits per heavy atom. The van der Waals surface area contributed by atoms with Gasteiger partial charge in [0.25, 0.3) is 0 Å². The summed E-state index contributed by atoms with van der Waals surface area (Å²) in [4.78, 5) is 0. The molecule has 1 saturated heterocycles. The summed E-state index contributed by atoms with van der Waals surface area (Å²) in [6.07, 6.45) is -0.185. The van der Waals surface area contributed by atoms with E-state index in [4.69, 9.17) is 14.2 Å². The number of rotatable bonds is 4. The van der Waals surface area contributed by atoms with Gasteiger partial charge in [0.15, 0.2) is 6.29 Å². The fourth-order valence-electron chi connectivity index (χ4n) is 1.79. The minimum Gasteiger partial charge on any atom is -0.490 e. The first-order valence-corrected chi connectivity index (χ1v) is 5.79. The van der Waals surface area contributed by atoms with Gasteiger partial charge in [-0.15, -0.1) is 0 Å². The van der Waals surface area contributed by atoms with E-state index in [0.29, 0.717) is 13.2 Å². The topological polar surface area (TPSA) is 47.9 Å². The van der Waals surface area contributed by atoms with Gasteiger partial charge in [0.2, 0.25) is 0 Å². The Morgan fingerprint density at radius 2 is 2.29 bits per heavy atom. The fraction of sp³-hybridized carbons (Fsp3) is 0.538. The van der Waals surface area contributed by atoms with Crippen LogP contribution in [-0.4, -0.2) is 30.7 Å². The van der Waals surface area contributed by atoms with Crippen LogP contribution in [0.1, 0.15) is 18.1 Å². The van der Waals surface area contributed by atoms with Crippen molar-refractivity contribution >= 4 is 0 Å². The summed E-state index contributed by atoms with van der Waals surface area (Å²) in [5.74, 6) is 0.718. The third kappa shape index (κ3) is 3.19. The maximum atomic E-state index is 9.21. The Labute approximate surface area is 101 Å². The third-order valence-electron chi connectivity index (χ3n) is 2.72. The van der Waals surface area contributed by atoms with Crippen molar-refractivity contribution in [2.45, 2.75) is 32.8 Å². The second-order valence-electron chi connectivity index (χ2n) is 4.24. The molecule has 1 fully saturated rings. The first-order valence-electron chi connectivity index (χ1n) is 5.79. The van der Waals surface area contributed by atoms with E-state index in [1.165, 1.54) is 0 Å². The Morgan fingerprint density at radius 1 is 1.47 bits per heavy atom. The SMILES string of the molecule is Cc1ccc(CO)c(OCC2COC(C)O2)c1. The molecule has 0 amide bonds. The van der Waals surface area contributed by atoms with Gasteiger partial charge in [-0.05, 0) is 25.5 Å². The van der Waals surface area contributed by atoms with Crippen molar-refractivity contribution in [1.29, 1.82) is 0 Å². The normalized spacial score (nSPS) is 23.9. The predicted octanol–water partition coefficient (Wildman–Crippen LogP) is 1.63. The van der Waals surface area contributed by atoms with Gasteiger partial charge in [0, 0.05) is 5.56 Å². The molecule has 0 bridgehead atoms. The lowest BCUT2D eigenvalue weighted by Gasteiger charge is -2.14. The summed E-state index contributed by atoms with van der Waals surface area (Å²) in [7, 11) is 0. The van der Waals surface area contributed by atoms with E-state index in [0.717, 1.165) is 16.9 Å². The number of hydrogen-bond donors (Lipinski definition) is 1. The standard InChI is InChI=1S/C13H18O4/c1-9-3-4-11(6-14)13(5-9)16-8-12-7-15-10(2)17-12/h3-5,10,12,14H,6-8H2,1-2H3. The third-order valence-corrected chi connectivity index (χ3v) is 2.72. The average molecular weight is 238 g/mol. The van der Waals surface area contributed by atoms with Crippen molar-refractivity contribution in [1.82, 2.24) is 0 Å². The van der Waals surface area contributed by atoms with Gasteiger partial charge in [-0.25, -0.2) is 0 Å². The zero-order valence-electron chi connectivity index (χ0n) is 10.2. The number of aliphatic hydroxyl groups is 1. The highest BCUT2D eigenvalue weighted by Crippen LogP contribution is 2.21. The number of hydrogen-bond acceptors (Lipinski definition) is 4. The molecule has 2 unspecified atom stereocenters. The first kappa shape index (κ1) is 12.4. The molecular weight excluding hydrogens is 220 g/mol. The average Bonchev–Trinajstić information content (AvgIpc) is 2.73. The first-order chi connectivity index (χ1) is 8.19.